The number of nitrogens with one attached hydrogen (secondary N) is 1. The third kappa shape index (κ3) is 4.52. The average molecular weight is 455 g/mol. The SMILES string of the molecule is COc1ccccc1Cc1cc(C(=O)N2CCCC(c3nccnc3-c3ncc[nH]3)C2)ccn1. The van der Waals surface area contributed by atoms with Gasteiger partial charge >= 0.3 is 0 Å². The predicted octanol–water partition coefficient (Wildman–Crippen LogP) is 3.88. The van der Waals surface area contributed by atoms with Crippen LogP contribution in [0.4, 0.5) is 0 Å². The number of aromatic nitrogens is 5. The van der Waals surface area contributed by atoms with Crippen LogP contribution >= 0.6 is 0 Å². The molecule has 1 unspecified atom stereocenters. The van der Waals surface area contributed by atoms with Crippen molar-refractivity contribution in [1.82, 2.24) is 29.8 Å². The standard InChI is InChI=1S/C26H26N6O2/c1-34-22-7-3-2-5-18(22)15-21-16-19(8-9-27-21)26(33)32-14-4-6-20(17-32)23-24(29-11-10-28-23)25-30-12-13-31-25/h2-3,5,7-13,16,20H,4,6,14-15,17H2,1H3,(H,30,31). The van der Waals surface area contributed by atoms with Crippen molar-refractivity contribution in [2.45, 2.75) is 25.2 Å². The maximum atomic E-state index is 13.4. The monoisotopic (exact) mass is 454 g/mol. The van der Waals surface area contributed by atoms with E-state index in [4.69, 9.17) is 4.74 Å². The second-order valence-corrected chi connectivity index (χ2v) is 8.34. The van der Waals surface area contributed by atoms with Gasteiger partial charge in [-0.25, -0.2) is 9.97 Å². The molecule has 0 radical (unpaired) electrons. The zero-order valence-electron chi connectivity index (χ0n) is 19.0. The smallest absolute Gasteiger partial charge is 0.253 e. The molecule has 4 heterocycles. The number of piperidine rings is 1. The highest BCUT2D eigenvalue weighted by Crippen LogP contribution is 2.31. The molecule has 1 aliphatic rings. The van der Waals surface area contributed by atoms with Crippen molar-refractivity contribution < 1.29 is 9.53 Å². The Morgan fingerprint density at radius 1 is 1.09 bits per heavy atom. The summed E-state index contributed by atoms with van der Waals surface area (Å²) >= 11 is 0. The second-order valence-electron chi connectivity index (χ2n) is 8.34. The van der Waals surface area contributed by atoms with Gasteiger partial charge in [-0.2, -0.15) is 0 Å². The molecular weight excluding hydrogens is 428 g/mol. The summed E-state index contributed by atoms with van der Waals surface area (Å²) in [6.07, 6.45) is 11.0. The summed E-state index contributed by atoms with van der Waals surface area (Å²) < 4.78 is 5.46. The van der Waals surface area contributed by atoms with Gasteiger partial charge in [-0.15, -0.1) is 0 Å². The number of pyridine rings is 1. The molecule has 1 N–H and O–H groups in total. The van der Waals surface area contributed by atoms with Crippen LogP contribution in [0.15, 0.2) is 67.4 Å². The Bertz CT molecular complexity index is 1270. The summed E-state index contributed by atoms with van der Waals surface area (Å²) in [5.41, 5.74) is 4.13. The summed E-state index contributed by atoms with van der Waals surface area (Å²) in [6, 6.07) is 11.5. The number of methoxy groups -OCH3 is 1. The highest BCUT2D eigenvalue weighted by atomic mass is 16.5. The fourth-order valence-corrected chi connectivity index (χ4v) is 4.54. The van der Waals surface area contributed by atoms with E-state index in [2.05, 4.69) is 24.9 Å². The highest BCUT2D eigenvalue weighted by molar-refractivity contribution is 5.94. The summed E-state index contributed by atoms with van der Waals surface area (Å²) in [6.45, 7) is 1.31. The number of likely N-dealkylation sites (tertiary alicyclic amines) is 1. The Labute approximate surface area is 198 Å². The van der Waals surface area contributed by atoms with E-state index in [1.54, 1.807) is 44.2 Å². The normalized spacial score (nSPS) is 15.8. The first-order valence-electron chi connectivity index (χ1n) is 11.4. The molecule has 1 amide bonds. The van der Waals surface area contributed by atoms with Crippen molar-refractivity contribution in [2.24, 2.45) is 0 Å². The van der Waals surface area contributed by atoms with Gasteiger partial charge in [0, 0.05) is 73.2 Å². The lowest BCUT2D eigenvalue weighted by atomic mass is 9.92. The summed E-state index contributed by atoms with van der Waals surface area (Å²) in [7, 11) is 1.66. The lowest BCUT2D eigenvalue weighted by molar-refractivity contribution is 0.0705. The predicted molar refractivity (Wildman–Crippen MR) is 128 cm³/mol. The minimum Gasteiger partial charge on any atom is -0.496 e. The number of amides is 1. The average Bonchev–Trinajstić information content (AvgIpc) is 3.44. The van der Waals surface area contributed by atoms with Crippen LogP contribution in [0.3, 0.4) is 0 Å². The third-order valence-corrected chi connectivity index (χ3v) is 6.17. The molecule has 0 bridgehead atoms. The Hall–Kier alpha value is -4.07. The number of para-hydroxylation sites is 1. The first kappa shape index (κ1) is 21.8. The fourth-order valence-electron chi connectivity index (χ4n) is 4.54. The number of carbonyl (C=O) groups excluding carboxylic acids is 1. The lowest BCUT2D eigenvalue weighted by Gasteiger charge is -2.33. The Balaban J connectivity index is 1.35. The Kier molecular flexibility index (Phi) is 6.29. The molecule has 1 atom stereocenters. The van der Waals surface area contributed by atoms with E-state index in [1.807, 2.05) is 35.2 Å². The molecule has 8 heteroatoms. The molecule has 0 aliphatic carbocycles. The number of carbonyl (C=O) groups is 1. The van der Waals surface area contributed by atoms with E-state index >= 15 is 0 Å². The number of ether oxygens (including phenoxy) is 1. The van der Waals surface area contributed by atoms with Crippen LogP contribution in [0.2, 0.25) is 0 Å². The van der Waals surface area contributed by atoms with Crippen LogP contribution in [0.25, 0.3) is 11.5 Å². The molecule has 8 nitrogen and oxygen atoms in total. The maximum Gasteiger partial charge on any atom is 0.253 e. The number of hydrogen-bond donors (Lipinski definition) is 1. The molecule has 5 rings (SSSR count). The maximum absolute atomic E-state index is 13.4. The molecule has 4 aromatic rings. The quantitative estimate of drug-likeness (QED) is 0.475. The number of aromatic amines is 1. The molecule has 1 aliphatic heterocycles. The number of hydrogen-bond acceptors (Lipinski definition) is 6. The summed E-state index contributed by atoms with van der Waals surface area (Å²) in [5, 5.41) is 0. The van der Waals surface area contributed by atoms with Gasteiger partial charge in [0.15, 0.2) is 5.82 Å². The first-order chi connectivity index (χ1) is 16.7. The van der Waals surface area contributed by atoms with E-state index in [0.717, 1.165) is 47.8 Å². The zero-order valence-corrected chi connectivity index (χ0v) is 19.0. The zero-order chi connectivity index (χ0) is 23.3. The second kappa shape index (κ2) is 9.82. The highest BCUT2D eigenvalue weighted by Gasteiger charge is 2.29. The van der Waals surface area contributed by atoms with Crippen molar-refractivity contribution in [2.75, 3.05) is 20.2 Å². The van der Waals surface area contributed by atoms with Crippen LogP contribution < -0.4 is 4.74 Å². The van der Waals surface area contributed by atoms with Gasteiger partial charge in [0.05, 0.1) is 12.8 Å². The lowest BCUT2D eigenvalue weighted by Crippen LogP contribution is -2.39. The summed E-state index contributed by atoms with van der Waals surface area (Å²) in [4.78, 5) is 36.4. The van der Waals surface area contributed by atoms with Crippen LogP contribution in [0, 0.1) is 0 Å². The van der Waals surface area contributed by atoms with Crippen molar-refractivity contribution in [3.8, 4) is 17.3 Å². The molecule has 0 saturated carbocycles. The number of imidazole rings is 1. The molecular formula is C26H26N6O2. The molecule has 34 heavy (non-hydrogen) atoms. The minimum absolute atomic E-state index is 0.0109. The van der Waals surface area contributed by atoms with Gasteiger partial charge in [-0.3, -0.25) is 14.8 Å². The van der Waals surface area contributed by atoms with E-state index in [1.165, 1.54) is 0 Å². The van der Waals surface area contributed by atoms with Gasteiger partial charge in [-0.05, 0) is 31.0 Å². The van der Waals surface area contributed by atoms with Crippen LogP contribution in [0.1, 0.15) is 46.1 Å². The first-order valence-corrected chi connectivity index (χ1v) is 11.4. The van der Waals surface area contributed by atoms with Gasteiger partial charge in [0.25, 0.3) is 5.91 Å². The topological polar surface area (TPSA) is 96.9 Å². The van der Waals surface area contributed by atoms with Gasteiger partial charge in [0.2, 0.25) is 0 Å². The van der Waals surface area contributed by atoms with Crippen molar-refractivity contribution in [3.63, 3.8) is 0 Å². The van der Waals surface area contributed by atoms with Gasteiger partial charge < -0.3 is 14.6 Å². The van der Waals surface area contributed by atoms with Crippen molar-refractivity contribution >= 4 is 5.91 Å². The molecule has 3 aromatic heterocycles. The number of H-pyrrole nitrogens is 1. The van der Waals surface area contributed by atoms with Crippen molar-refractivity contribution in [3.05, 3.63) is 89.9 Å². The molecule has 1 saturated heterocycles. The largest absolute Gasteiger partial charge is 0.496 e. The van der Waals surface area contributed by atoms with E-state index in [0.29, 0.717) is 24.4 Å². The molecule has 1 fully saturated rings. The molecule has 172 valence electrons. The molecule has 1 aromatic carbocycles. The van der Waals surface area contributed by atoms with Crippen LogP contribution in [-0.2, 0) is 6.42 Å². The van der Waals surface area contributed by atoms with E-state index in [9.17, 15) is 4.79 Å². The van der Waals surface area contributed by atoms with Gasteiger partial charge in [-0.1, -0.05) is 18.2 Å². The van der Waals surface area contributed by atoms with E-state index < -0.39 is 0 Å². The van der Waals surface area contributed by atoms with Crippen LogP contribution in [0.5, 0.6) is 5.75 Å². The fraction of sp³-hybridized carbons (Fsp3) is 0.269. The number of benzene rings is 1. The van der Waals surface area contributed by atoms with Gasteiger partial charge in [0.1, 0.15) is 11.4 Å². The Morgan fingerprint density at radius 2 is 1.97 bits per heavy atom. The Morgan fingerprint density at radius 3 is 2.82 bits per heavy atom. The van der Waals surface area contributed by atoms with E-state index in [-0.39, 0.29) is 11.8 Å². The minimum atomic E-state index is 0.0109. The number of rotatable bonds is 6. The molecule has 0 spiro atoms. The van der Waals surface area contributed by atoms with Crippen LogP contribution in [-0.4, -0.2) is 55.9 Å². The summed E-state index contributed by atoms with van der Waals surface area (Å²) in [5.74, 6) is 1.62. The third-order valence-electron chi connectivity index (χ3n) is 6.17. The number of nitrogens with zero attached hydrogens (tertiary/aromatic N) is 5. The van der Waals surface area contributed by atoms with Crippen molar-refractivity contribution in [1.29, 1.82) is 0 Å².